The Balaban J connectivity index is 2.34. The fraction of sp³-hybridized carbons (Fsp3) is 0.188. The van der Waals surface area contributed by atoms with Crippen molar-refractivity contribution in [2.75, 3.05) is 5.32 Å². The van der Waals surface area contributed by atoms with Gasteiger partial charge in [-0.3, -0.25) is 0 Å². The van der Waals surface area contributed by atoms with Gasteiger partial charge in [0.05, 0.1) is 5.56 Å². The molecule has 0 aromatic heterocycles. The molecule has 0 spiro atoms. The van der Waals surface area contributed by atoms with Gasteiger partial charge in [-0.25, -0.2) is 4.79 Å². The van der Waals surface area contributed by atoms with Gasteiger partial charge < -0.3 is 10.4 Å². The van der Waals surface area contributed by atoms with Crippen LogP contribution in [0.1, 0.15) is 29.8 Å². The number of hydrogen-bond acceptors (Lipinski definition) is 2. The minimum absolute atomic E-state index is 0.153. The molecule has 96 valence electrons. The number of carboxylic acid groups (broad SMARTS) is 1. The number of anilines is 1. The summed E-state index contributed by atoms with van der Waals surface area (Å²) in [4.78, 5) is 11.0. The van der Waals surface area contributed by atoms with Gasteiger partial charge in [0.2, 0.25) is 0 Å². The third kappa shape index (κ3) is 1.55. The molecule has 3 rings (SSSR count). The molecule has 2 N–H and O–H groups in total. The Labute approximate surface area is 111 Å². The maximum atomic E-state index is 11.0. The second kappa shape index (κ2) is 3.60. The monoisotopic (exact) mass is 253 g/mol. The van der Waals surface area contributed by atoms with Gasteiger partial charge in [-0.1, -0.05) is 32.6 Å². The topological polar surface area (TPSA) is 49.3 Å². The molecule has 1 heterocycles. The third-order valence-electron chi connectivity index (χ3n) is 3.93. The highest BCUT2D eigenvalue weighted by Gasteiger charge is 2.34. The van der Waals surface area contributed by atoms with Crippen LogP contribution < -0.4 is 5.32 Å². The summed E-state index contributed by atoms with van der Waals surface area (Å²) in [6.07, 6.45) is 0. The molecule has 0 atom stereocenters. The van der Waals surface area contributed by atoms with E-state index in [1.165, 1.54) is 5.56 Å². The smallest absolute Gasteiger partial charge is 0.335 e. The normalized spacial score (nSPS) is 16.2. The molecule has 0 saturated heterocycles. The molecule has 1 aliphatic rings. The van der Waals surface area contributed by atoms with E-state index in [2.05, 4.69) is 25.7 Å². The van der Waals surface area contributed by atoms with Crippen molar-refractivity contribution < 1.29 is 9.90 Å². The zero-order valence-electron chi connectivity index (χ0n) is 10.9. The molecular formula is C16H15NO2. The van der Waals surface area contributed by atoms with Crippen LogP contribution in [0.15, 0.2) is 42.6 Å². The maximum Gasteiger partial charge on any atom is 0.335 e. The molecule has 0 radical (unpaired) electrons. The Bertz CT molecular complexity index is 729. The molecule has 3 heteroatoms. The van der Waals surface area contributed by atoms with Crippen molar-refractivity contribution >= 4 is 22.4 Å². The van der Waals surface area contributed by atoms with Gasteiger partial charge in [0.15, 0.2) is 0 Å². The number of benzene rings is 2. The van der Waals surface area contributed by atoms with Crippen LogP contribution in [0.4, 0.5) is 5.69 Å². The molecule has 19 heavy (non-hydrogen) atoms. The zero-order chi connectivity index (χ0) is 13.8. The number of nitrogens with one attached hydrogen (secondary N) is 1. The Morgan fingerprint density at radius 3 is 2.68 bits per heavy atom. The molecule has 1 aliphatic heterocycles. The fourth-order valence-corrected chi connectivity index (χ4v) is 2.71. The highest BCUT2D eigenvalue weighted by atomic mass is 16.4. The molecule has 0 bridgehead atoms. The number of aromatic carboxylic acids is 1. The molecule has 0 fully saturated rings. The summed E-state index contributed by atoms with van der Waals surface area (Å²) in [5.74, 6) is -0.899. The number of carboxylic acids is 1. The van der Waals surface area contributed by atoms with Gasteiger partial charge in [0.25, 0.3) is 0 Å². The first-order valence-electron chi connectivity index (χ1n) is 6.18. The van der Waals surface area contributed by atoms with Gasteiger partial charge in [-0.15, -0.1) is 0 Å². The molecule has 0 aliphatic carbocycles. The average Bonchev–Trinajstić information content (AvgIpc) is 2.59. The molecule has 2 aromatic carbocycles. The van der Waals surface area contributed by atoms with E-state index in [1.807, 2.05) is 18.2 Å². The minimum Gasteiger partial charge on any atom is -0.478 e. The van der Waals surface area contributed by atoms with Gasteiger partial charge in [0.1, 0.15) is 0 Å². The van der Waals surface area contributed by atoms with Gasteiger partial charge in [0, 0.05) is 16.8 Å². The minimum atomic E-state index is -0.899. The number of fused-ring (bicyclic) bond motifs is 3. The Morgan fingerprint density at radius 2 is 2.00 bits per heavy atom. The molecule has 0 unspecified atom stereocenters. The quantitative estimate of drug-likeness (QED) is 0.813. The van der Waals surface area contributed by atoms with Crippen LogP contribution in [0, 0.1) is 0 Å². The lowest BCUT2D eigenvalue weighted by Gasteiger charge is -2.21. The van der Waals surface area contributed by atoms with Crippen molar-refractivity contribution in [1.82, 2.24) is 0 Å². The Hall–Kier alpha value is -2.29. The molecule has 2 aromatic rings. The van der Waals surface area contributed by atoms with E-state index < -0.39 is 5.97 Å². The standard InChI is InChI=1S/C16H15NO2/c1-9-16(2,3)14-12-6-4-11(15(18)19)8-10(12)5-7-13(14)17-9/h4-8,17H,1H2,2-3H3,(H,18,19). The van der Waals surface area contributed by atoms with Crippen molar-refractivity contribution in [3.8, 4) is 0 Å². The predicted octanol–water partition coefficient (Wildman–Crippen LogP) is 3.75. The first-order valence-corrected chi connectivity index (χ1v) is 6.18. The number of allylic oxidation sites excluding steroid dienone is 1. The number of hydrogen-bond donors (Lipinski definition) is 2. The third-order valence-corrected chi connectivity index (χ3v) is 3.93. The van der Waals surface area contributed by atoms with Crippen LogP contribution in [0.5, 0.6) is 0 Å². The summed E-state index contributed by atoms with van der Waals surface area (Å²) >= 11 is 0. The number of carbonyl (C=O) groups is 1. The van der Waals surface area contributed by atoms with Gasteiger partial charge in [-0.05, 0) is 34.5 Å². The van der Waals surface area contributed by atoms with Crippen LogP contribution >= 0.6 is 0 Å². The molecular weight excluding hydrogens is 238 g/mol. The van der Waals surface area contributed by atoms with Crippen molar-refractivity contribution in [2.45, 2.75) is 19.3 Å². The average molecular weight is 253 g/mol. The predicted molar refractivity (Wildman–Crippen MR) is 76.7 cm³/mol. The second-order valence-corrected chi connectivity index (χ2v) is 5.46. The van der Waals surface area contributed by atoms with Crippen molar-refractivity contribution in [2.24, 2.45) is 0 Å². The van der Waals surface area contributed by atoms with E-state index in [0.29, 0.717) is 5.56 Å². The fourth-order valence-electron chi connectivity index (χ4n) is 2.71. The first kappa shape index (κ1) is 11.8. The van der Waals surface area contributed by atoms with Crippen LogP contribution in [0.3, 0.4) is 0 Å². The van der Waals surface area contributed by atoms with Crippen molar-refractivity contribution in [1.29, 1.82) is 0 Å². The van der Waals surface area contributed by atoms with Gasteiger partial charge in [-0.2, -0.15) is 0 Å². The van der Waals surface area contributed by atoms with Crippen LogP contribution in [0.2, 0.25) is 0 Å². The molecule has 0 saturated carbocycles. The summed E-state index contributed by atoms with van der Waals surface area (Å²) in [6.45, 7) is 8.32. The van der Waals surface area contributed by atoms with E-state index in [9.17, 15) is 4.79 Å². The summed E-state index contributed by atoms with van der Waals surface area (Å²) in [6, 6.07) is 9.20. The lowest BCUT2D eigenvalue weighted by Crippen LogP contribution is -2.16. The van der Waals surface area contributed by atoms with Crippen LogP contribution in [-0.2, 0) is 5.41 Å². The highest BCUT2D eigenvalue weighted by molar-refractivity contribution is 5.99. The summed E-state index contributed by atoms with van der Waals surface area (Å²) in [5, 5.41) is 14.4. The van der Waals surface area contributed by atoms with E-state index in [0.717, 1.165) is 22.2 Å². The molecule has 0 amide bonds. The van der Waals surface area contributed by atoms with E-state index in [4.69, 9.17) is 5.11 Å². The first-order chi connectivity index (χ1) is 8.91. The summed E-state index contributed by atoms with van der Waals surface area (Å²) < 4.78 is 0. The summed E-state index contributed by atoms with van der Waals surface area (Å²) in [7, 11) is 0. The van der Waals surface area contributed by atoms with E-state index >= 15 is 0 Å². The van der Waals surface area contributed by atoms with Crippen LogP contribution in [-0.4, -0.2) is 11.1 Å². The lowest BCUT2D eigenvalue weighted by atomic mass is 9.81. The maximum absolute atomic E-state index is 11.0. The van der Waals surface area contributed by atoms with E-state index in [1.54, 1.807) is 12.1 Å². The zero-order valence-corrected chi connectivity index (χ0v) is 10.9. The van der Waals surface area contributed by atoms with Crippen LogP contribution in [0.25, 0.3) is 10.8 Å². The second-order valence-electron chi connectivity index (χ2n) is 5.46. The molecule has 3 nitrogen and oxygen atoms in total. The Morgan fingerprint density at radius 1 is 1.26 bits per heavy atom. The number of rotatable bonds is 1. The SMILES string of the molecule is C=C1Nc2ccc3cc(C(=O)O)ccc3c2C1(C)C. The Kier molecular flexibility index (Phi) is 2.23. The van der Waals surface area contributed by atoms with Crippen molar-refractivity contribution in [3.05, 3.63) is 53.7 Å². The van der Waals surface area contributed by atoms with E-state index in [-0.39, 0.29) is 5.41 Å². The van der Waals surface area contributed by atoms with Gasteiger partial charge >= 0.3 is 5.97 Å². The van der Waals surface area contributed by atoms with Crippen molar-refractivity contribution in [3.63, 3.8) is 0 Å². The lowest BCUT2D eigenvalue weighted by molar-refractivity contribution is 0.0697. The highest BCUT2D eigenvalue weighted by Crippen LogP contribution is 2.46. The summed E-state index contributed by atoms with van der Waals surface area (Å²) in [5.41, 5.74) is 3.38. The largest absolute Gasteiger partial charge is 0.478 e.